The highest BCUT2D eigenvalue weighted by Crippen LogP contribution is 2.21. The number of aromatic nitrogens is 1. The van der Waals surface area contributed by atoms with Crippen LogP contribution in [0.3, 0.4) is 0 Å². The first-order valence-corrected chi connectivity index (χ1v) is 9.50. The molecule has 29 heavy (non-hydrogen) atoms. The van der Waals surface area contributed by atoms with Crippen molar-refractivity contribution in [3.63, 3.8) is 0 Å². The summed E-state index contributed by atoms with van der Waals surface area (Å²) < 4.78 is 5.12. The summed E-state index contributed by atoms with van der Waals surface area (Å²) in [6.07, 6.45) is 0.626. The van der Waals surface area contributed by atoms with Crippen LogP contribution in [-0.4, -0.2) is 52.2 Å². The first kappa shape index (κ1) is 22.3. The Hall–Kier alpha value is -3.00. The first-order valence-electron chi connectivity index (χ1n) is 9.50. The zero-order valence-corrected chi connectivity index (χ0v) is 16.8. The van der Waals surface area contributed by atoms with E-state index in [4.69, 9.17) is 10.1 Å². The summed E-state index contributed by atoms with van der Waals surface area (Å²) in [7, 11) is 0. The summed E-state index contributed by atoms with van der Waals surface area (Å²) in [5.74, 6) is -1.86. The largest absolute Gasteiger partial charge is 0.461 e. The minimum Gasteiger partial charge on any atom is -0.461 e. The fourth-order valence-electron chi connectivity index (χ4n) is 2.96. The third kappa shape index (κ3) is 6.25. The number of fused-ring (bicyclic) bond motifs is 1. The van der Waals surface area contributed by atoms with E-state index in [-0.39, 0.29) is 25.4 Å². The Balaban J connectivity index is 2.06. The molecule has 1 aromatic carbocycles. The van der Waals surface area contributed by atoms with Crippen molar-refractivity contribution in [2.24, 2.45) is 0 Å². The number of benzene rings is 1. The zero-order valence-electron chi connectivity index (χ0n) is 16.8. The lowest BCUT2D eigenvalue weighted by atomic mass is 10.0. The summed E-state index contributed by atoms with van der Waals surface area (Å²) in [6.45, 7) is 5.32. The van der Waals surface area contributed by atoms with Gasteiger partial charge in [0.25, 0.3) is 0 Å². The fourth-order valence-corrected chi connectivity index (χ4v) is 2.96. The molecule has 0 radical (unpaired) electrons. The second-order valence-electron chi connectivity index (χ2n) is 7.28. The molecule has 8 nitrogen and oxygen atoms in total. The molecule has 0 aliphatic carbocycles. The van der Waals surface area contributed by atoms with Crippen LogP contribution < -0.4 is 5.32 Å². The number of H-pyrrole nitrogens is 1. The normalized spacial score (nSPS) is 13.1. The van der Waals surface area contributed by atoms with Crippen molar-refractivity contribution >= 4 is 34.8 Å². The molecule has 0 saturated carbocycles. The van der Waals surface area contributed by atoms with Gasteiger partial charge in [0, 0.05) is 29.9 Å². The molecule has 0 aliphatic rings. The van der Waals surface area contributed by atoms with Crippen LogP contribution >= 0.6 is 0 Å². The molecular formula is C21H27N3O5. The number of nitrogens with one attached hydrogen (secondary N) is 3. The van der Waals surface area contributed by atoms with Crippen LogP contribution in [0.4, 0.5) is 0 Å². The van der Waals surface area contributed by atoms with E-state index in [0.717, 1.165) is 22.0 Å². The van der Waals surface area contributed by atoms with Gasteiger partial charge in [0.1, 0.15) is 12.1 Å². The predicted octanol–water partition coefficient (Wildman–Crippen LogP) is 1.81. The molecule has 0 aliphatic heterocycles. The topological polar surface area (TPSA) is 132 Å². The van der Waals surface area contributed by atoms with E-state index < -0.39 is 29.8 Å². The van der Waals surface area contributed by atoms with Gasteiger partial charge in [0.05, 0.1) is 12.3 Å². The van der Waals surface area contributed by atoms with E-state index in [9.17, 15) is 19.5 Å². The van der Waals surface area contributed by atoms with Crippen molar-refractivity contribution < 1.29 is 24.2 Å². The third-order valence-electron chi connectivity index (χ3n) is 4.43. The molecule has 1 amide bonds. The second-order valence-corrected chi connectivity index (χ2v) is 7.28. The van der Waals surface area contributed by atoms with E-state index in [1.54, 1.807) is 20.0 Å². The number of Topliss-reactive ketones (excluding diaryl/α,β-unsaturated/α-hetero) is 1. The van der Waals surface area contributed by atoms with Gasteiger partial charge in [-0.3, -0.25) is 9.59 Å². The third-order valence-corrected chi connectivity index (χ3v) is 4.43. The van der Waals surface area contributed by atoms with E-state index in [1.165, 1.54) is 0 Å². The quantitative estimate of drug-likeness (QED) is 0.356. The van der Waals surface area contributed by atoms with E-state index in [2.05, 4.69) is 10.3 Å². The number of aryl methyl sites for hydroxylation is 1. The number of ether oxygens (including phenoxy) is 1. The minimum absolute atomic E-state index is 0.00934. The molecule has 156 valence electrons. The second kappa shape index (κ2) is 9.97. The molecule has 0 saturated heterocycles. The minimum atomic E-state index is -1.37. The molecule has 4 N–H and O–H groups in total. The Kier molecular flexibility index (Phi) is 7.67. The summed E-state index contributed by atoms with van der Waals surface area (Å²) in [5.41, 5.74) is 2.79. The Bertz CT molecular complexity index is 903. The summed E-state index contributed by atoms with van der Waals surface area (Å²) in [6, 6.07) is 4.77. The maximum Gasteiger partial charge on any atom is 0.328 e. The van der Waals surface area contributed by atoms with Gasteiger partial charge in [-0.15, -0.1) is 0 Å². The molecule has 2 atom stereocenters. The number of carbonyl (C=O) groups is 3. The summed E-state index contributed by atoms with van der Waals surface area (Å²) >= 11 is 0. The van der Waals surface area contributed by atoms with Gasteiger partial charge in [-0.25, -0.2) is 4.79 Å². The number of ketones is 1. The monoisotopic (exact) mass is 401 g/mol. The fraction of sp³-hybridized carbons (Fsp3) is 0.429. The van der Waals surface area contributed by atoms with Crippen molar-refractivity contribution in [3.8, 4) is 0 Å². The van der Waals surface area contributed by atoms with Gasteiger partial charge in [-0.05, 0) is 44.4 Å². The smallest absolute Gasteiger partial charge is 0.328 e. The molecule has 2 aromatic rings. The van der Waals surface area contributed by atoms with Gasteiger partial charge in [0.15, 0.2) is 5.78 Å². The maximum atomic E-state index is 12.5. The van der Waals surface area contributed by atoms with E-state index in [1.807, 2.05) is 25.1 Å². The van der Waals surface area contributed by atoms with Crippen LogP contribution in [0.5, 0.6) is 0 Å². The Labute approximate surface area is 169 Å². The van der Waals surface area contributed by atoms with Crippen LogP contribution in [-0.2, 0) is 25.5 Å². The molecule has 2 rings (SSSR count). The maximum absolute atomic E-state index is 12.5. The molecule has 0 fully saturated rings. The number of amides is 1. The lowest BCUT2D eigenvalue weighted by molar-refractivity contribution is -0.152. The highest BCUT2D eigenvalue weighted by Gasteiger charge is 2.27. The van der Waals surface area contributed by atoms with Gasteiger partial charge in [-0.2, -0.15) is 0 Å². The Morgan fingerprint density at radius 3 is 2.69 bits per heavy atom. The van der Waals surface area contributed by atoms with Crippen molar-refractivity contribution in [2.45, 2.75) is 58.3 Å². The van der Waals surface area contributed by atoms with Crippen LogP contribution in [0.1, 0.15) is 37.8 Å². The number of hydrogen-bond donors (Lipinski definition) is 4. The van der Waals surface area contributed by atoms with Crippen molar-refractivity contribution in [1.29, 1.82) is 5.41 Å². The number of hydrogen-bond acceptors (Lipinski definition) is 6. The predicted molar refractivity (Wildman–Crippen MR) is 109 cm³/mol. The molecular weight excluding hydrogens is 374 g/mol. The molecule has 1 aromatic heterocycles. The number of aromatic amines is 1. The zero-order chi connectivity index (χ0) is 21.6. The first-order chi connectivity index (χ1) is 13.7. The molecule has 1 heterocycles. The Morgan fingerprint density at radius 2 is 2.03 bits per heavy atom. The SMILES string of the molecule is Cc1ccc2c(C[C@H](O)C(=O)N[C@@H](CCC(=O)C=N)C(=O)OC(C)C)c[nH]c2c1. The number of esters is 1. The average molecular weight is 401 g/mol. The average Bonchev–Trinajstić information content (AvgIpc) is 3.05. The van der Waals surface area contributed by atoms with Gasteiger partial charge >= 0.3 is 5.97 Å². The van der Waals surface area contributed by atoms with Gasteiger partial charge in [-0.1, -0.05) is 12.1 Å². The van der Waals surface area contributed by atoms with Crippen LogP contribution in [0.15, 0.2) is 24.4 Å². The molecule has 0 unspecified atom stereocenters. The number of rotatable bonds is 10. The molecule has 0 spiro atoms. The number of aliphatic hydroxyl groups excluding tert-OH is 1. The van der Waals surface area contributed by atoms with Crippen LogP contribution in [0.2, 0.25) is 0 Å². The summed E-state index contributed by atoms with van der Waals surface area (Å²) in [5, 5.41) is 20.7. The number of aliphatic hydroxyl groups is 1. The van der Waals surface area contributed by atoms with Crippen LogP contribution in [0.25, 0.3) is 10.9 Å². The van der Waals surface area contributed by atoms with Crippen molar-refractivity contribution in [1.82, 2.24) is 10.3 Å². The van der Waals surface area contributed by atoms with Crippen molar-refractivity contribution in [3.05, 3.63) is 35.5 Å². The van der Waals surface area contributed by atoms with Crippen molar-refractivity contribution in [2.75, 3.05) is 0 Å². The molecule has 8 heteroatoms. The van der Waals surface area contributed by atoms with Crippen LogP contribution in [0, 0.1) is 12.3 Å². The highest BCUT2D eigenvalue weighted by atomic mass is 16.5. The van der Waals surface area contributed by atoms with E-state index in [0.29, 0.717) is 6.21 Å². The molecule has 0 bridgehead atoms. The van der Waals surface area contributed by atoms with Gasteiger partial charge in [0.2, 0.25) is 5.91 Å². The van der Waals surface area contributed by atoms with E-state index >= 15 is 0 Å². The van der Waals surface area contributed by atoms with Gasteiger partial charge < -0.3 is 25.6 Å². The number of carbonyl (C=O) groups excluding carboxylic acids is 3. The summed E-state index contributed by atoms with van der Waals surface area (Å²) in [4.78, 5) is 39.2. The standard InChI is InChI=1S/C21H27N3O5/c1-12(2)29-21(28)17(7-5-15(25)10-22)24-20(27)19(26)9-14-11-23-18-8-13(3)4-6-16(14)18/h4,6,8,10-12,17,19,22-23,26H,5,7,9H2,1-3H3,(H,24,27)/t17-,19-/m0/s1. The lowest BCUT2D eigenvalue weighted by Gasteiger charge is -2.20. The lowest BCUT2D eigenvalue weighted by Crippen LogP contribution is -2.47. The Morgan fingerprint density at radius 1 is 1.31 bits per heavy atom. The highest BCUT2D eigenvalue weighted by molar-refractivity contribution is 6.26.